The highest BCUT2D eigenvalue weighted by Gasteiger charge is 2.12. The van der Waals surface area contributed by atoms with Crippen molar-refractivity contribution >= 4 is 5.91 Å². The fourth-order valence-electron chi connectivity index (χ4n) is 1.74. The molecule has 1 aromatic heterocycles. The predicted molar refractivity (Wildman–Crippen MR) is 70.0 cm³/mol. The van der Waals surface area contributed by atoms with E-state index in [1.807, 2.05) is 6.92 Å². The maximum atomic E-state index is 11.6. The lowest BCUT2D eigenvalue weighted by molar-refractivity contribution is -0.122. The average Bonchev–Trinajstić information content (AvgIpc) is 2.34. The second-order valence-corrected chi connectivity index (χ2v) is 4.37. The third kappa shape index (κ3) is 4.36. The molecule has 1 rings (SSSR count). The normalized spacial score (nSPS) is 12.2. The van der Waals surface area contributed by atoms with Crippen LogP contribution < -0.4 is 16.6 Å². The summed E-state index contributed by atoms with van der Waals surface area (Å²) in [5.41, 5.74) is -0.159. The van der Waals surface area contributed by atoms with E-state index in [4.69, 9.17) is 5.11 Å². The Morgan fingerprint density at radius 1 is 1.37 bits per heavy atom. The van der Waals surface area contributed by atoms with Gasteiger partial charge in [-0.15, -0.1) is 0 Å². The number of aromatic amines is 2. The molecule has 4 N–H and O–H groups in total. The minimum absolute atomic E-state index is 0.111. The summed E-state index contributed by atoms with van der Waals surface area (Å²) in [5.74, 6) is -0.231. The lowest BCUT2D eigenvalue weighted by Gasteiger charge is -2.13. The zero-order chi connectivity index (χ0) is 14.4. The first-order valence-corrected chi connectivity index (χ1v) is 6.20. The van der Waals surface area contributed by atoms with Crippen molar-refractivity contribution in [2.75, 3.05) is 6.61 Å². The molecule has 1 aromatic rings. The van der Waals surface area contributed by atoms with Crippen LogP contribution in [0.2, 0.25) is 0 Å². The molecule has 0 saturated heterocycles. The van der Waals surface area contributed by atoms with Crippen LogP contribution in [0.25, 0.3) is 0 Å². The SMILES string of the molecule is CCC(CO)NC(=O)CCc1c(C)[nH]c(=O)[nH]c1=O. The maximum Gasteiger partial charge on any atom is 0.325 e. The summed E-state index contributed by atoms with van der Waals surface area (Å²) in [4.78, 5) is 38.8. The van der Waals surface area contributed by atoms with E-state index in [9.17, 15) is 14.4 Å². The lowest BCUT2D eigenvalue weighted by Crippen LogP contribution is -2.37. The summed E-state index contributed by atoms with van der Waals surface area (Å²) in [6.45, 7) is 3.37. The molecule has 7 nitrogen and oxygen atoms in total. The molecule has 0 fully saturated rings. The van der Waals surface area contributed by atoms with Crippen LogP contribution in [-0.2, 0) is 11.2 Å². The van der Waals surface area contributed by atoms with Crippen LogP contribution in [0.4, 0.5) is 0 Å². The highest BCUT2D eigenvalue weighted by atomic mass is 16.3. The molecule has 106 valence electrons. The lowest BCUT2D eigenvalue weighted by atomic mass is 10.1. The molecular formula is C12H19N3O4. The standard InChI is InChI=1S/C12H19N3O4/c1-3-8(6-16)14-10(17)5-4-9-7(2)13-12(19)15-11(9)18/h8,16H,3-6H2,1-2H3,(H,14,17)(H2,13,15,18,19). The second kappa shape index (κ2) is 6.89. The summed E-state index contributed by atoms with van der Waals surface area (Å²) in [6, 6.07) is -0.262. The molecule has 1 heterocycles. The monoisotopic (exact) mass is 269 g/mol. The number of hydrogen-bond donors (Lipinski definition) is 4. The smallest absolute Gasteiger partial charge is 0.325 e. The molecule has 0 aliphatic carbocycles. The van der Waals surface area contributed by atoms with Crippen LogP contribution in [0.5, 0.6) is 0 Å². The molecule has 0 aliphatic heterocycles. The first kappa shape index (κ1) is 15.2. The van der Waals surface area contributed by atoms with Gasteiger partial charge < -0.3 is 15.4 Å². The number of H-pyrrole nitrogens is 2. The van der Waals surface area contributed by atoms with Gasteiger partial charge in [0.25, 0.3) is 5.56 Å². The molecule has 7 heteroatoms. The topological polar surface area (TPSA) is 115 Å². The van der Waals surface area contributed by atoms with Gasteiger partial charge in [0.2, 0.25) is 5.91 Å². The number of aliphatic hydroxyl groups excluding tert-OH is 1. The van der Waals surface area contributed by atoms with Gasteiger partial charge in [-0.25, -0.2) is 4.79 Å². The summed E-state index contributed by atoms with van der Waals surface area (Å²) < 4.78 is 0. The predicted octanol–water partition coefficient (Wildman–Crippen LogP) is -0.809. The Morgan fingerprint density at radius 3 is 2.58 bits per heavy atom. The van der Waals surface area contributed by atoms with Gasteiger partial charge in [-0.05, 0) is 19.8 Å². The van der Waals surface area contributed by atoms with E-state index in [2.05, 4.69) is 15.3 Å². The molecule has 0 aromatic carbocycles. The van der Waals surface area contributed by atoms with Crippen LogP contribution in [0, 0.1) is 6.92 Å². The van der Waals surface area contributed by atoms with Gasteiger partial charge in [-0.2, -0.15) is 0 Å². The van der Waals surface area contributed by atoms with E-state index in [1.165, 1.54) is 0 Å². The van der Waals surface area contributed by atoms with E-state index in [0.29, 0.717) is 17.7 Å². The zero-order valence-corrected chi connectivity index (χ0v) is 11.1. The van der Waals surface area contributed by atoms with Gasteiger partial charge in [0.05, 0.1) is 12.6 Å². The number of aromatic nitrogens is 2. The summed E-state index contributed by atoms with van der Waals surface area (Å²) in [6.07, 6.45) is 1.01. The van der Waals surface area contributed by atoms with E-state index >= 15 is 0 Å². The summed E-state index contributed by atoms with van der Waals surface area (Å²) in [7, 11) is 0. The van der Waals surface area contributed by atoms with Gasteiger partial charge in [0.15, 0.2) is 0 Å². The third-order valence-electron chi connectivity index (χ3n) is 2.94. The Morgan fingerprint density at radius 2 is 2.05 bits per heavy atom. The molecule has 0 aliphatic rings. The van der Waals surface area contributed by atoms with Gasteiger partial charge in [0.1, 0.15) is 0 Å². The van der Waals surface area contributed by atoms with Gasteiger partial charge >= 0.3 is 5.69 Å². The minimum Gasteiger partial charge on any atom is -0.394 e. The number of amides is 1. The molecule has 0 bridgehead atoms. The maximum absolute atomic E-state index is 11.6. The summed E-state index contributed by atoms with van der Waals surface area (Å²) in [5, 5.41) is 11.6. The van der Waals surface area contributed by atoms with Crippen molar-refractivity contribution in [2.45, 2.75) is 39.2 Å². The number of aryl methyl sites for hydroxylation is 1. The van der Waals surface area contributed by atoms with Crippen LogP contribution in [0.3, 0.4) is 0 Å². The number of rotatable bonds is 6. The van der Waals surface area contributed by atoms with Crippen LogP contribution in [0.15, 0.2) is 9.59 Å². The van der Waals surface area contributed by atoms with E-state index in [0.717, 1.165) is 0 Å². The largest absolute Gasteiger partial charge is 0.394 e. The molecule has 0 radical (unpaired) electrons. The molecule has 0 spiro atoms. The first-order chi connectivity index (χ1) is 8.97. The highest BCUT2D eigenvalue weighted by Crippen LogP contribution is 2.00. The first-order valence-electron chi connectivity index (χ1n) is 6.20. The molecule has 0 saturated carbocycles. The third-order valence-corrected chi connectivity index (χ3v) is 2.94. The van der Waals surface area contributed by atoms with Gasteiger partial charge in [-0.3, -0.25) is 14.6 Å². The fraction of sp³-hybridized carbons (Fsp3) is 0.583. The Hall–Kier alpha value is -1.89. The minimum atomic E-state index is -0.554. The number of hydrogen-bond acceptors (Lipinski definition) is 4. The summed E-state index contributed by atoms with van der Waals surface area (Å²) >= 11 is 0. The van der Waals surface area contributed by atoms with E-state index < -0.39 is 11.2 Å². The molecule has 1 unspecified atom stereocenters. The average molecular weight is 269 g/mol. The van der Waals surface area contributed by atoms with Gasteiger partial charge in [0, 0.05) is 17.7 Å². The zero-order valence-electron chi connectivity index (χ0n) is 11.1. The van der Waals surface area contributed by atoms with E-state index in [1.54, 1.807) is 6.92 Å². The number of carbonyl (C=O) groups is 1. The Balaban J connectivity index is 2.65. The van der Waals surface area contributed by atoms with E-state index in [-0.39, 0.29) is 31.4 Å². The van der Waals surface area contributed by atoms with Gasteiger partial charge in [-0.1, -0.05) is 6.92 Å². The number of aliphatic hydroxyl groups is 1. The molecular weight excluding hydrogens is 250 g/mol. The van der Waals surface area contributed by atoms with Crippen molar-refractivity contribution in [3.63, 3.8) is 0 Å². The quantitative estimate of drug-likeness (QED) is 0.540. The van der Waals surface area contributed by atoms with Crippen molar-refractivity contribution in [1.29, 1.82) is 0 Å². The Bertz CT molecular complexity index is 543. The van der Waals surface area contributed by atoms with Crippen molar-refractivity contribution in [2.24, 2.45) is 0 Å². The second-order valence-electron chi connectivity index (χ2n) is 4.37. The van der Waals surface area contributed by atoms with Crippen LogP contribution in [-0.4, -0.2) is 33.6 Å². The highest BCUT2D eigenvalue weighted by molar-refractivity contribution is 5.76. The van der Waals surface area contributed by atoms with Crippen molar-refractivity contribution in [3.05, 3.63) is 32.1 Å². The molecule has 1 amide bonds. The van der Waals surface area contributed by atoms with Crippen molar-refractivity contribution < 1.29 is 9.90 Å². The van der Waals surface area contributed by atoms with Crippen molar-refractivity contribution in [1.82, 2.24) is 15.3 Å². The molecule has 1 atom stereocenters. The number of nitrogens with one attached hydrogen (secondary N) is 3. The number of carbonyl (C=O) groups excluding carboxylic acids is 1. The fourth-order valence-corrected chi connectivity index (χ4v) is 1.74. The Labute approximate surface area is 110 Å². The van der Waals surface area contributed by atoms with Crippen molar-refractivity contribution in [3.8, 4) is 0 Å². The van der Waals surface area contributed by atoms with Crippen LogP contribution >= 0.6 is 0 Å². The Kier molecular flexibility index (Phi) is 5.50. The van der Waals surface area contributed by atoms with Crippen LogP contribution in [0.1, 0.15) is 31.0 Å². The molecule has 19 heavy (non-hydrogen) atoms.